The predicted molar refractivity (Wildman–Crippen MR) is 52.7 cm³/mol. The van der Waals surface area contributed by atoms with Gasteiger partial charge in [0.05, 0.1) is 0 Å². The second kappa shape index (κ2) is 3.76. The van der Waals surface area contributed by atoms with E-state index in [1.54, 1.807) is 0 Å². The van der Waals surface area contributed by atoms with Gasteiger partial charge < -0.3 is 10.1 Å². The third-order valence-electron chi connectivity index (χ3n) is 2.41. The van der Waals surface area contributed by atoms with E-state index in [1.165, 1.54) is 12.3 Å². The fourth-order valence-electron chi connectivity index (χ4n) is 1.67. The number of aromatic nitrogens is 1. The highest BCUT2D eigenvalue weighted by Gasteiger charge is 2.18. The van der Waals surface area contributed by atoms with Crippen molar-refractivity contribution in [3.63, 3.8) is 0 Å². The first-order valence-electron chi connectivity index (χ1n) is 4.68. The summed E-state index contributed by atoms with van der Waals surface area (Å²) in [6.45, 7) is 0. The average Bonchev–Trinajstić information content (AvgIpc) is 2.69. The number of rotatable bonds is 2. The zero-order chi connectivity index (χ0) is 10.8. The number of pyridine rings is 1. The lowest BCUT2D eigenvalue weighted by atomic mass is 10.1. The number of nitro groups is 1. The van der Waals surface area contributed by atoms with Gasteiger partial charge in [-0.25, -0.2) is 0 Å². The smallest absolute Gasteiger partial charge is 0.358 e. The molecular weight excluding hydrogens is 199 g/mol. The molecule has 1 aromatic rings. The van der Waals surface area contributed by atoms with Gasteiger partial charge in [0.1, 0.15) is 6.20 Å². The lowest BCUT2D eigenvalue weighted by Gasteiger charge is -2.00. The zero-order valence-electron chi connectivity index (χ0n) is 7.94. The van der Waals surface area contributed by atoms with Gasteiger partial charge in [0.25, 0.3) is 0 Å². The minimum Gasteiger partial charge on any atom is -0.358 e. The summed E-state index contributed by atoms with van der Waals surface area (Å²) in [5, 5.41) is 10.3. The van der Waals surface area contributed by atoms with Crippen molar-refractivity contribution in [2.45, 2.75) is 19.3 Å². The molecule has 1 aliphatic rings. The van der Waals surface area contributed by atoms with Crippen molar-refractivity contribution < 1.29 is 9.31 Å². The monoisotopic (exact) mass is 208 g/mol. The fourth-order valence-corrected chi connectivity index (χ4v) is 1.67. The third-order valence-corrected chi connectivity index (χ3v) is 2.41. The molecule has 2 rings (SSSR count). The van der Waals surface area contributed by atoms with Crippen molar-refractivity contribution in [3.05, 3.63) is 39.8 Å². The Morgan fingerprint density at radius 3 is 2.87 bits per heavy atom. The quantitative estimate of drug-likeness (QED) is 0.554. The molecule has 0 atom stereocenters. The van der Waals surface area contributed by atoms with E-state index in [0.717, 1.165) is 24.8 Å². The van der Waals surface area contributed by atoms with Gasteiger partial charge in [0.2, 0.25) is 5.82 Å². The Morgan fingerprint density at radius 1 is 1.53 bits per heavy atom. The lowest BCUT2D eigenvalue weighted by Crippen LogP contribution is -1.97. The van der Waals surface area contributed by atoms with E-state index < -0.39 is 16.6 Å². The summed E-state index contributed by atoms with van der Waals surface area (Å²) in [5.41, 5.74) is 1.67. The summed E-state index contributed by atoms with van der Waals surface area (Å²) >= 11 is 0. The van der Waals surface area contributed by atoms with Crippen LogP contribution >= 0.6 is 0 Å². The van der Waals surface area contributed by atoms with E-state index in [9.17, 15) is 14.5 Å². The lowest BCUT2D eigenvalue weighted by molar-refractivity contribution is -0.392. The van der Waals surface area contributed by atoms with Crippen LogP contribution in [0.4, 0.5) is 10.2 Å². The first-order chi connectivity index (χ1) is 7.18. The first-order valence-corrected chi connectivity index (χ1v) is 4.68. The largest absolute Gasteiger partial charge is 0.399 e. The van der Waals surface area contributed by atoms with Crippen molar-refractivity contribution in [2.24, 2.45) is 0 Å². The second-order valence-electron chi connectivity index (χ2n) is 3.41. The molecule has 0 amide bonds. The summed E-state index contributed by atoms with van der Waals surface area (Å²) in [6.07, 6.45) is 6.29. The van der Waals surface area contributed by atoms with E-state index in [2.05, 4.69) is 4.98 Å². The van der Waals surface area contributed by atoms with Crippen LogP contribution < -0.4 is 0 Å². The van der Waals surface area contributed by atoms with Gasteiger partial charge in [0.15, 0.2) is 0 Å². The molecule has 0 spiro atoms. The Morgan fingerprint density at radius 2 is 2.33 bits per heavy atom. The number of nitrogens with zero attached hydrogens (tertiary/aromatic N) is 2. The van der Waals surface area contributed by atoms with E-state index in [4.69, 9.17) is 0 Å². The van der Waals surface area contributed by atoms with E-state index in [1.807, 2.05) is 6.08 Å². The molecular formula is C10H9FN2O2. The minimum atomic E-state index is -0.870. The fraction of sp³-hybridized carbons (Fsp3) is 0.300. The van der Waals surface area contributed by atoms with Crippen molar-refractivity contribution >= 4 is 11.4 Å². The van der Waals surface area contributed by atoms with Crippen LogP contribution in [0.5, 0.6) is 0 Å². The maximum absolute atomic E-state index is 13.2. The van der Waals surface area contributed by atoms with Crippen LogP contribution in [0.15, 0.2) is 18.3 Å². The van der Waals surface area contributed by atoms with Crippen LogP contribution in [0.3, 0.4) is 0 Å². The van der Waals surface area contributed by atoms with Gasteiger partial charge >= 0.3 is 5.82 Å². The van der Waals surface area contributed by atoms with Crippen molar-refractivity contribution in [2.75, 3.05) is 0 Å². The molecule has 0 radical (unpaired) electrons. The summed E-state index contributed by atoms with van der Waals surface area (Å²) in [4.78, 5) is 13.0. The van der Waals surface area contributed by atoms with Crippen molar-refractivity contribution in [1.82, 2.24) is 4.98 Å². The molecule has 0 fully saturated rings. The van der Waals surface area contributed by atoms with Crippen molar-refractivity contribution in [1.29, 1.82) is 0 Å². The molecule has 0 aromatic carbocycles. The highest BCUT2D eigenvalue weighted by Crippen LogP contribution is 2.28. The predicted octanol–water partition coefficient (Wildman–Crippen LogP) is 2.70. The normalized spacial score (nSPS) is 15.1. The minimum absolute atomic E-state index is 0.649. The highest BCUT2D eigenvalue weighted by atomic mass is 19.1. The van der Waals surface area contributed by atoms with Gasteiger partial charge in [0, 0.05) is 5.56 Å². The molecule has 4 nitrogen and oxygen atoms in total. The number of halogens is 1. The van der Waals surface area contributed by atoms with Crippen LogP contribution in [0.1, 0.15) is 24.8 Å². The van der Waals surface area contributed by atoms with Crippen LogP contribution in [0.25, 0.3) is 5.57 Å². The van der Waals surface area contributed by atoms with Crippen LogP contribution in [-0.2, 0) is 0 Å². The Kier molecular flexibility index (Phi) is 2.45. The molecule has 0 bridgehead atoms. The van der Waals surface area contributed by atoms with E-state index in [0.29, 0.717) is 5.56 Å². The summed E-state index contributed by atoms with van der Waals surface area (Å²) in [6, 6.07) is 1.18. The second-order valence-corrected chi connectivity index (χ2v) is 3.41. The topological polar surface area (TPSA) is 56.0 Å². The number of hydrogen-bond acceptors (Lipinski definition) is 3. The van der Waals surface area contributed by atoms with Gasteiger partial charge in [-0.05, 0) is 40.8 Å². The Bertz CT molecular complexity index is 443. The van der Waals surface area contributed by atoms with E-state index in [-0.39, 0.29) is 0 Å². The highest BCUT2D eigenvalue weighted by molar-refractivity contribution is 5.66. The first kappa shape index (κ1) is 9.76. The standard InChI is InChI=1S/C10H9FN2O2/c11-9-5-8(7-3-1-2-4-7)6-12-10(9)13(14)15/h3,5-6H,1-2,4H2. The summed E-state index contributed by atoms with van der Waals surface area (Å²) in [7, 11) is 0. The van der Waals surface area contributed by atoms with Crippen molar-refractivity contribution in [3.8, 4) is 0 Å². The van der Waals surface area contributed by atoms with Gasteiger partial charge in [-0.15, -0.1) is 0 Å². The molecule has 0 aliphatic heterocycles. The SMILES string of the molecule is O=[N+]([O-])c1ncc(C2=CCCC2)cc1F. The van der Waals surface area contributed by atoms with Crippen LogP contribution in [-0.4, -0.2) is 9.91 Å². The molecule has 0 unspecified atom stereocenters. The molecule has 1 heterocycles. The Balaban J connectivity index is 2.37. The molecule has 1 aromatic heterocycles. The Labute approximate surface area is 85.6 Å². The zero-order valence-corrected chi connectivity index (χ0v) is 7.94. The maximum atomic E-state index is 13.2. The molecule has 15 heavy (non-hydrogen) atoms. The third kappa shape index (κ3) is 1.86. The summed E-state index contributed by atoms with van der Waals surface area (Å²) in [5.74, 6) is -1.58. The maximum Gasteiger partial charge on any atom is 0.399 e. The molecule has 0 saturated carbocycles. The number of allylic oxidation sites excluding steroid dienone is 2. The van der Waals surface area contributed by atoms with Crippen LogP contribution in [0, 0.1) is 15.9 Å². The Hall–Kier alpha value is -1.78. The van der Waals surface area contributed by atoms with Gasteiger partial charge in [-0.1, -0.05) is 6.08 Å². The van der Waals surface area contributed by atoms with Gasteiger partial charge in [-0.3, -0.25) is 0 Å². The summed E-state index contributed by atoms with van der Waals surface area (Å²) < 4.78 is 13.2. The molecule has 5 heteroatoms. The van der Waals surface area contributed by atoms with Gasteiger partial charge in [-0.2, -0.15) is 4.39 Å². The van der Waals surface area contributed by atoms with E-state index >= 15 is 0 Å². The molecule has 0 saturated heterocycles. The number of hydrogen-bond donors (Lipinski definition) is 0. The molecule has 1 aliphatic carbocycles. The molecule has 0 N–H and O–H groups in total. The average molecular weight is 208 g/mol. The molecule has 78 valence electrons. The van der Waals surface area contributed by atoms with Crippen LogP contribution in [0.2, 0.25) is 0 Å².